The molecule has 0 bridgehead atoms. The summed E-state index contributed by atoms with van der Waals surface area (Å²) in [4.78, 5) is 11.8. The van der Waals surface area contributed by atoms with Crippen molar-refractivity contribution in [2.75, 3.05) is 18.5 Å². The van der Waals surface area contributed by atoms with Gasteiger partial charge in [0.05, 0.1) is 6.61 Å². The number of anilines is 1. The van der Waals surface area contributed by atoms with E-state index in [-0.39, 0.29) is 12.5 Å². The molecule has 2 rings (SSSR count). The van der Waals surface area contributed by atoms with Gasteiger partial charge in [0.1, 0.15) is 11.5 Å². The predicted octanol–water partition coefficient (Wildman–Crippen LogP) is 3.41. The highest BCUT2D eigenvalue weighted by atomic mass is 16.5. The fourth-order valence-electron chi connectivity index (χ4n) is 1.91. The lowest BCUT2D eigenvalue weighted by molar-refractivity contribution is -0.118. The molecule has 0 aliphatic rings. The monoisotopic (exact) mass is 285 g/mol. The molecule has 0 heterocycles. The minimum absolute atomic E-state index is 0.0176. The van der Waals surface area contributed by atoms with Crippen molar-refractivity contribution in [3.8, 4) is 11.5 Å². The van der Waals surface area contributed by atoms with E-state index in [1.807, 2.05) is 62.4 Å². The van der Waals surface area contributed by atoms with Gasteiger partial charge in [0, 0.05) is 5.69 Å². The van der Waals surface area contributed by atoms with Gasteiger partial charge in [-0.1, -0.05) is 18.2 Å². The van der Waals surface area contributed by atoms with Gasteiger partial charge in [-0.3, -0.25) is 4.79 Å². The Bertz CT molecular complexity index is 596. The molecule has 0 unspecified atom stereocenters. The SMILES string of the molecule is CCOc1ccc(NC(=O)COc2ccccc2)cc1C. The molecular weight excluding hydrogens is 266 g/mol. The Balaban J connectivity index is 1.89. The summed E-state index contributed by atoms with van der Waals surface area (Å²) in [5, 5.41) is 2.80. The molecular formula is C17H19NO3. The van der Waals surface area contributed by atoms with Crippen LogP contribution in [0.3, 0.4) is 0 Å². The van der Waals surface area contributed by atoms with Gasteiger partial charge in [0.25, 0.3) is 5.91 Å². The molecule has 110 valence electrons. The molecule has 0 saturated carbocycles. The maximum Gasteiger partial charge on any atom is 0.262 e. The average Bonchev–Trinajstić information content (AvgIpc) is 2.49. The van der Waals surface area contributed by atoms with Gasteiger partial charge in [0.2, 0.25) is 0 Å². The molecule has 0 aliphatic heterocycles. The van der Waals surface area contributed by atoms with Crippen LogP contribution >= 0.6 is 0 Å². The second-order valence-corrected chi connectivity index (χ2v) is 4.56. The van der Waals surface area contributed by atoms with Crippen molar-refractivity contribution in [2.45, 2.75) is 13.8 Å². The molecule has 2 aromatic carbocycles. The molecule has 1 amide bonds. The van der Waals surface area contributed by atoms with Crippen LogP contribution in [-0.2, 0) is 4.79 Å². The zero-order valence-corrected chi connectivity index (χ0v) is 12.3. The lowest BCUT2D eigenvalue weighted by Crippen LogP contribution is -2.20. The number of carbonyl (C=O) groups is 1. The van der Waals surface area contributed by atoms with E-state index in [1.54, 1.807) is 0 Å². The number of hydrogen-bond acceptors (Lipinski definition) is 3. The van der Waals surface area contributed by atoms with Gasteiger partial charge in [-0.05, 0) is 49.7 Å². The van der Waals surface area contributed by atoms with E-state index >= 15 is 0 Å². The molecule has 0 spiro atoms. The molecule has 4 heteroatoms. The van der Waals surface area contributed by atoms with Gasteiger partial charge >= 0.3 is 0 Å². The molecule has 0 atom stereocenters. The summed E-state index contributed by atoms with van der Waals surface area (Å²) < 4.78 is 10.9. The minimum atomic E-state index is -0.192. The van der Waals surface area contributed by atoms with Crippen LogP contribution in [0.25, 0.3) is 0 Å². The van der Waals surface area contributed by atoms with Crippen molar-refractivity contribution in [3.05, 3.63) is 54.1 Å². The minimum Gasteiger partial charge on any atom is -0.494 e. The first-order valence-corrected chi connectivity index (χ1v) is 6.90. The van der Waals surface area contributed by atoms with Gasteiger partial charge in [0.15, 0.2) is 6.61 Å². The lowest BCUT2D eigenvalue weighted by atomic mass is 10.2. The van der Waals surface area contributed by atoms with Crippen molar-refractivity contribution in [2.24, 2.45) is 0 Å². The Morgan fingerprint density at radius 1 is 1.10 bits per heavy atom. The van der Waals surface area contributed by atoms with E-state index in [0.717, 1.165) is 17.0 Å². The molecule has 0 radical (unpaired) electrons. The number of rotatable bonds is 6. The van der Waals surface area contributed by atoms with Crippen LogP contribution < -0.4 is 14.8 Å². The van der Waals surface area contributed by atoms with Gasteiger partial charge < -0.3 is 14.8 Å². The first kappa shape index (κ1) is 14.9. The Labute approximate surface area is 124 Å². The Morgan fingerprint density at radius 3 is 2.52 bits per heavy atom. The van der Waals surface area contributed by atoms with Crippen molar-refractivity contribution in [1.29, 1.82) is 0 Å². The number of para-hydroxylation sites is 1. The van der Waals surface area contributed by atoms with Crippen LogP contribution in [-0.4, -0.2) is 19.1 Å². The van der Waals surface area contributed by atoms with Crippen LogP contribution in [0.5, 0.6) is 11.5 Å². The van der Waals surface area contributed by atoms with E-state index in [0.29, 0.717) is 12.4 Å². The molecule has 0 aliphatic carbocycles. The Hall–Kier alpha value is -2.49. The van der Waals surface area contributed by atoms with Crippen LogP contribution in [0.2, 0.25) is 0 Å². The summed E-state index contributed by atoms with van der Waals surface area (Å²) in [5.41, 5.74) is 1.72. The largest absolute Gasteiger partial charge is 0.494 e. The standard InChI is InChI=1S/C17H19NO3/c1-3-20-16-10-9-14(11-13(16)2)18-17(19)12-21-15-7-5-4-6-8-15/h4-11H,3,12H2,1-2H3,(H,18,19). The number of ether oxygens (including phenoxy) is 2. The number of aryl methyl sites for hydroxylation is 1. The third-order valence-electron chi connectivity index (χ3n) is 2.87. The number of carbonyl (C=O) groups excluding carboxylic acids is 1. The van der Waals surface area contributed by atoms with Gasteiger partial charge in [-0.2, -0.15) is 0 Å². The number of nitrogens with one attached hydrogen (secondary N) is 1. The quantitative estimate of drug-likeness (QED) is 0.884. The van der Waals surface area contributed by atoms with Crippen molar-refractivity contribution in [3.63, 3.8) is 0 Å². The number of benzene rings is 2. The fourth-order valence-corrected chi connectivity index (χ4v) is 1.91. The fraction of sp³-hybridized carbons (Fsp3) is 0.235. The van der Waals surface area contributed by atoms with Crippen molar-refractivity contribution in [1.82, 2.24) is 0 Å². The molecule has 0 saturated heterocycles. The molecule has 0 fully saturated rings. The van der Waals surface area contributed by atoms with Gasteiger partial charge in [-0.15, -0.1) is 0 Å². The first-order chi connectivity index (χ1) is 10.2. The second kappa shape index (κ2) is 7.33. The van der Waals surface area contributed by atoms with E-state index in [9.17, 15) is 4.79 Å². The van der Waals surface area contributed by atoms with Crippen LogP contribution in [0.1, 0.15) is 12.5 Å². The zero-order valence-electron chi connectivity index (χ0n) is 12.3. The van der Waals surface area contributed by atoms with E-state index in [2.05, 4.69) is 5.32 Å². The molecule has 21 heavy (non-hydrogen) atoms. The van der Waals surface area contributed by atoms with E-state index in [1.165, 1.54) is 0 Å². The summed E-state index contributed by atoms with van der Waals surface area (Å²) in [6.07, 6.45) is 0. The highest BCUT2D eigenvalue weighted by molar-refractivity contribution is 5.92. The Morgan fingerprint density at radius 2 is 1.86 bits per heavy atom. The Kier molecular flexibility index (Phi) is 5.21. The first-order valence-electron chi connectivity index (χ1n) is 6.90. The average molecular weight is 285 g/mol. The topological polar surface area (TPSA) is 47.6 Å². The normalized spacial score (nSPS) is 10.0. The summed E-state index contributed by atoms with van der Waals surface area (Å²) in [6, 6.07) is 14.8. The number of hydrogen-bond donors (Lipinski definition) is 1. The van der Waals surface area contributed by atoms with Gasteiger partial charge in [-0.25, -0.2) is 0 Å². The second-order valence-electron chi connectivity index (χ2n) is 4.56. The lowest BCUT2D eigenvalue weighted by Gasteiger charge is -2.10. The smallest absolute Gasteiger partial charge is 0.262 e. The zero-order chi connectivity index (χ0) is 15.1. The van der Waals surface area contributed by atoms with Crippen molar-refractivity contribution >= 4 is 11.6 Å². The maximum atomic E-state index is 11.8. The summed E-state index contributed by atoms with van der Waals surface area (Å²) in [7, 11) is 0. The third-order valence-corrected chi connectivity index (χ3v) is 2.87. The van der Waals surface area contributed by atoms with E-state index in [4.69, 9.17) is 9.47 Å². The molecule has 1 N–H and O–H groups in total. The van der Waals surface area contributed by atoms with Crippen LogP contribution in [0.4, 0.5) is 5.69 Å². The summed E-state index contributed by atoms with van der Waals surface area (Å²) >= 11 is 0. The summed E-state index contributed by atoms with van der Waals surface area (Å²) in [5.74, 6) is 1.31. The molecule has 2 aromatic rings. The van der Waals surface area contributed by atoms with E-state index < -0.39 is 0 Å². The summed E-state index contributed by atoms with van der Waals surface area (Å²) in [6.45, 7) is 4.49. The molecule has 4 nitrogen and oxygen atoms in total. The maximum absolute atomic E-state index is 11.8. The highest BCUT2D eigenvalue weighted by Crippen LogP contribution is 2.21. The highest BCUT2D eigenvalue weighted by Gasteiger charge is 2.06. The van der Waals surface area contributed by atoms with Crippen LogP contribution in [0, 0.1) is 6.92 Å². The van der Waals surface area contributed by atoms with Crippen LogP contribution in [0.15, 0.2) is 48.5 Å². The molecule has 0 aromatic heterocycles. The predicted molar refractivity (Wildman–Crippen MR) is 82.9 cm³/mol. The van der Waals surface area contributed by atoms with Crippen molar-refractivity contribution < 1.29 is 14.3 Å². The third kappa shape index (κ3) is 4.53. The number of amides is 1.